The van der Waals surface area contributed by atoms with Gasteiger partial charge in [-0.3, -0.25) is 4.79 Å². The maximum absolute atomic E-state index is 13.2. The van der Waals surface area contributed by atoms with Crippen molar-refractivity contribution in [3.8, 4) is 0 Å². The number of nitrogens with one attached hydrogen (secondary N) is 1. The minimum absolute atomic E-state index is 0.0805. The van der Waals surface area contributed by atoms with E-state index in [1.54, 1.807) is 12.4 Å². The third kappa shape index (κ3) is 3.90. The second-order valence-electron chi connectivity index (χ2n) is 10.2. The number of Topliss-reactive ketones (excluding diaryl/α,β-unsaturated/α-hetero) is 1. The topological polar surface area (TPSA) is 45.8 Å². The van der Waals surface area contributed by atoms with Crippen LogP contribution in [-0.2, 0) is 11.2 Å². The predicted molar refractivity (Wildman–Crippen MR) is 110 cm³/mol. The number of aromatic nitrogens is 2. The van der Waals surface area contributed by atoms with Crippen LogP contribution in [0, 0.1) is 40.9 Å². The molecule has 0 spiro atoms. The Hall–Kier alpha value is -1.26. The number of fused-ring (bicyclic) bond motifs is 3. The predicted octanol–water partition coefficient (Wildman–Crippen LogP) is 6.06. The highest BCUT2D eigenvalue weighted by molar-refractivity contribution is 5.83. The molecule has 0 saturated heterocycles. The fourth-order valence-corrected chi connectivity index (χ4v) is 7.75. The molecule has 0 bridgehead atoms. The molecule has 0 amide bonds. The molecule has 1 aromatic heterocycles. The van der Waals surface area contributed by atoms with E-state index in [0.717, 1.165) is 57.2 Å². The molecule has 0 aromatic carbocycles. The highest BCUT2D eigenvalue weighted by Gasteiger charge is 2.57. The van der Waals surface area contributed by atoms with Crippen molar-refractivity contribution in [2.45, 2.75) is 84.5 Å². The summed E-state index contributed by atoms with van der Waals surface area (Å²) in [5, 5.41) is 0. The second kappa shape index (κ2) is 8.47. The fourth-order valence-electron chi connectivity index (χ4n) is 7.75. The first-order valence-electron chi connectivity index (χ1n) is 11.7. The summed E-state index contributed by atoms with van der Waals surface area (Å²) < 4.78 is 26.4. The lowest BCUT2D eigenvalue weighted by molar-refractivity contribution is -0.129. The van der Waals surface area contributed by atoms with Crippen molar-refractivity contribution >= 4 is 5.78 Å². The number of H-pyrrole nitrogens is 1. The lowest BCUT2D eigenvalue weighted by Gasteiger charge is -2.54. The van der Waals surface area contributed by atoms with Crippen molar-refractivity contribution in [3.05, 3.63) is 18.2 Å². The SMILES string of the molecule is CCCC1C(CC(F)F)CCC2C1CCC1(C)C(C(=O)Cc3ncc[nH]3)CCC21. The molecular formula is C24H36F2N2O. The monoisotopic (exact) mass is 406 g/mol. The Morgan fingerprint density at radius 2 is 2.07 bits per heavy atom. The molecule has 162 valence electrons. The van der Waals surface area contributed by atoms with Gasteiger partial charge in [0.05, 0.1) is 6.42 Å². The number of hydrogen-bond acceptors (Lipinski definition) is 2. The molecule has 7 atom stereocenters. The third-order valence-corrected chi connectivity index (χ3v) is 8.91. The second-order valence-corrected chi connectivity index (χ2v) is 10.2. The largest absolute Gasteiger partial charge is 0.348 e. The number of imidazole rings is 1. The summed E-state index contributed by atoms with van der Waals surface area (Å²) in [6, 6.07) is 0. The van der Waals surface area contributed by atoms with Crippen molar-refractivity contribution in [1.29, 1.82) is 0 Å². The number of aromatic amines is 1. The summed E-state index contributed by atoms with van der Waals surface area (Å²) in [6.07, 6.45) is 10.3. The first-order valence-corrected chi connectivity index (χ1v) is 11.7. The number of ketones is 1. The summed E-state index contributed by atoms with van der Waals surface area (Å²) in [5.74, 6) is 3.67. The van der Waals surface area contributed by atoms with Crippen molar-refractivity contribution < 1.29 is 13.6 Å². The molecule has 5 heteroatoms. The van der Waals surface area contributed by atoms with Gasteiger partial charge in [-0.05, 0) is 73.5 Å². The molecule has 3 nitrogen and oxygen atoms in total. The molecule has 7 unspecified atom stereocenters. The molecule has 0 aliphatic heterocycles. The van der Waals surface area contributed by atoms with Crippen LogP contribution in [0.15, 0.2) is 12.4 Å². The number of carbonyl (C=O) groups excluding carboxylic acids is 1. The Balaban J connectivity index is 1.50. The van der Waals surface area contributed by atoms with Crippen LogP contribution < -0.4 is 0 Å². The van der Waals surface area contributed by atoms with Gasteiger partial charge in [0.2, 0.25) is 6.43 Å². The van der Waals surface area contributed by atoms with Gasteiger partial charge in [-0.25, -0.2) is 13.8 Å². The minimum Gasteiger partial charge on any atom is -0.348 e. The lowest BCUT2D eigenvalue weighted by Crippen LogP contribution is -2.48. The van der Waals surface area contributed by atoms with Crippen LogP contribution in [0.1, 0.15) is 77.5 Å². The van der Waals surface area contributed by atoms with Crippen LogP contribution in [0.3, 0.4) is 0 Å². The summed E-state index contributed by atoms with van der Waals surface area (Å²) in [5.41, 5.74) is 0.0805. The van der Waals surface area contributed by atoms with Gasteiger partial charge in [0.15, 0.2) is 0 Å². The number of carbonyl (C=O) groups is 1. The summed E-state index contributed by atoms with van der Waals surface area (Å²) in [4.78, 5) is 20.4. The van der Waals surface area contributed by atoms with E-state index in [-0.39, 0.29) is 23.7 Å². The molecule has 1 aromatic rings. The van der Waals surface area contributed by atoms with Crippen LogP contribution in [0.2, 0.25) is 0 Å². The minimum atomic E-state index is -2.18. The smallest absolute Gasteiger partial charge is 0.238 e. The van der Waals surface area contributed by atoms with Gasteiger partial charge in [0, 0.05) is 24.7 Å². The highest BCUT2D eigenvalue weighted by atomic mass is 19.3. The van der Waals surface area contributed by atoms with Gasteiger partial charge >= 0.3 is 0 Å². The standard InChI is InChI=1S/C24H36F2N2O/c1-3-4-16-15(13-22(25)26)5-6-18-17(16)9-10-24(2)19(18)7-8-20(24)21(29)14-23-27-11-12-28-23/h11-12,15-20,22H,3-10,13-14H2,1-2H3,(H,27,28). The maximum atomic E-state index is 13.2. The van der Waals surface area contributed by atoms with Crippen LogP contribution in [0.5, 0.6) is 0 Å². The van der Waals surface area contributed by atoms with Crippen molar-refractivity contribution in [3.63, 3.8) is 0 Å². The number of halogens is 2. The third-order valence-electron chi connectivity index (χ3n) is 8.91. The first-order chi connectivity index (χ1) is 13.9. The zero-order valence-electron chi connectivity index (χ0n) is 17.9. The average Bonchev–Trinajstić information content (AvgIpc) is 3.30. The van der Waals surface area contributed by atoms with Crippen molar-refractivity contribution in [1.82, 2.24) is 9.97 Å². The van der Waals surface area contributed by atoms with Gasteiger partial charge in [0.25, 0.3) is 0 Å². The van der Waals surface area contributed by atoms with Gasteiger partial charge in [0.1, 0.15) is 11.6 Å². The molecule has 29 heavy (non-hydrogen) atoms. The summed E-state index contributed by atoms with van der Waals surface area (Å²) in [6.45, 7) is 4.54. The van der Waals surface area contributed by atoms with Crippen LogP contribution >= 0.6 is 0 Å². The van der Waals surface area contributed by atoms with Gasteiger partial charge in [-0.2, -0.15) is 0 Å². The average molecular weight is 407 g/mol. The maximum Gasteiger partial charge on any atom is 0.238 e. The zero-order chi connectivity index (χ0) is 20.6. The molecular weight excluding hydrogens is 370 g/mol. The van der Waals surface area contributed by atoms with E-state index >= 15 is 0 Å². The molecule has 4 rings (SSSR count). The molecule has 3 aliphatic rings. The summed E-state index contributed by atoms with van der Waals surface area (Å²) in [7, 11) is 0. The lowest BCUT2D eigenvalue weighted by atomic mass is 9.50. The van der Waals surface area contributed by atoms with Crippen LogP contribution in [0.4, 0.5) is 8.78 Å². The highest BCUT2D eigenvalue weighted by Crippen LogP contribution is 2.63. The summed E-state index contributed by atoms with van der Waals surface area (Å²) >= 11 is 0. The molecule has 1 N–H and O–H groups in total. The zero-order valence-corrected chi connectivity index (χ0v) is 17.9. The number of alkyl halides is 2. The Morgan fingerprint density at radius 3 is 2.76 bits per heavy atom. The van der Waals surface area contributed by atoms with E-state index in [0.29, 0.717) is 35.9 Å². The van der Waals surface area contributed by atoms with E-state index in [9.17, 15) is 13.6 Å². The number of rotatable bonds is 7. The number of hydrogen-bond donors (Lipinski definition) is 1. The molecule has 1 heterocycles. The van der Waals surface area contributed by atoms with E-state index < -0.39 is 6.43 Å². The molecule has 0 radical (unpaired) electrons. The van der Waals surface area contributed by atoms with Gasteiger partial charge < -0.3 is 4.98 Å². The van der Waals surface area contributed by atoms with Crippen LogP contribution in [0.25, 0.3) is 0 Å². The van der Waals surface area contributed by atoms with Gasteiger partial charge in [-0.15, -0.1) is 0 Å². The number of nitrogens with zero attached hydrogens (tertiary/aromatic N) is 1. The van der Waals surface area contributed by atoms with Crippen LogP contribution in [-0.4, -0.2) is 22.2 Å². The van der Waals surface area contributed by atoms with Gasteiger partial charge in [-0.1, -0.05) is 26.7 Å². The Kier molecular flexibility index (Phi) is 6.13. The van der Waals surface area contributed by atoms with E-state index in [2.05, 4.69) is 23.8 Å². The Morgan fingerprint density at radius 1 is 1.24 bits per heavy atom. The molecule has 3 fully saturated rings. The normalized spacial score (nSPS) is 39.3. The Bertz CT molecular complexity index is 691. The van der Waals surface area contributed by atoms with Crippen molar-refractivity contribution in [2.75, 3.05) is 0 Å². The van der Waals surface area contributed by atoms with Crippen molar-refractivity contribution in [2.24, 2.45) is 40.9 Å². The Labute approximate surface area is 173 Å². The molecule has 3 saturated carbocycles. The van der Waals surface area contributed by atoms with E-state index in [1.807, 2.05) is 0 Å². The van der Waals surface area contributed by atoms with E-state index in [4.69, 9.17) is 0 Å². The fraction of sp³-hybridized carbons (Fsp3) is 0.833. The molecule has 3 aliphatic carbocycles. The quantitative estimate of drug-likeness (QED) is 0.598. The first kappa shape index (κ1) is 21.0. The van der Waals surface area contributed by atoms with E-state index in [1.165, 1.54) is 0 Å².